The molecule has 1 aliphatic rings. The molecule has 8 heteroatoms. The number of carbonyl (C=O) groups excluding carboxylic acids is 1. The fourth-order valence-electron chi connectivity index (χ4n) is 2.94. The first-order valence-corrected chi connectivity index (χ1v) is 10.9. The molecular formula is C18H20BrNO5S. The zero-order valence-corrected chi connectivity index (χ0v) is 17.0. The van der Waals surface area contributed by atoms with Gasteiger partial charge in [0.15, 0.2) is 0 Å². The third-order valence-corrected chi connectivity index (χ3v) is 6.18. The van der Waals surface area contributed by atoms with Crippen molar-refractivity contribution in [2.75, 3.05) is 17.1 Å². The van der Waals surface area contributed by atoms with Gasteiger partial charge in [0.1, 0.15) is 16.9 Å². The van der Waals surface area contributed by atoms with E-state index < -0.39 is 16.0 Å². The van der Waals surface area contributed by atoms with E-state index in [1.807, 2.05) is 0 Å². The van der Waals surface area contributed by atoms with Crippen LogP contribution < -0.4 is 4.72 Å². The summed E-state index contributed by atoms with van der Waals surface area (Å²) in [7, 11) is -3.43. The molecule has 0 saturated heterocycles. The SMILES string of the molecule is CCOC(=O)c1c(C2=CCCC2)oc2cc(NS(=O)(=O)CC)c(Br)cc12. The fourth-order valence-corrected chi connectivity index (χ4v) is 4.17. The molecule has 6 nitrogen and oxygen atoms in total. The lowest BCUT2D eigenvalue weighted by Crippen LogP contribution is -2.14. The van der Waals surface area contributed by atoms with Crippen molar-refractivity contribution in [2.24, 2.45) is 0 Å². The second-order valence-electron chi connectivity index (χ2n) is 5.98. The van der Waals surface area contributed by atoms with Crippen LogP contribution in [0.3, 0.4) is 0 Å². The minimum Gasteiger partial charge on any atom is -0.462 e. The number of furan rings is 1. The van der Waals surface area contributed by atoms with Gasteiger partial charge in [-0.2, -0.15) is 0 Å². The van der Waals surface area contributed by atoms with Gasteiger partial charge in [-0.1, -0.05) is 6.08 Å². The van der Waals surface area contributed by atoms with Crippen LogP contribution in [0.4, 0.5) is 5.69 Å². The standard InChI is InChI=1S/C18H20BrNO5S/c1-3-24-18(21)16-12-9-13(19)14(20-26(22,23)4-2)10-15(12)25-17(16)11-7-5-6-8-11/h7,9-10,20H,3-6,8H2,1-2H3. The van der Waals surface area contributed by atoms with Crippen LogP contribution in [-0.4, -0.2) is 26.7 Å². The number of hydrogen-bond acceptors (Lipinski definition) is 5. The summed E-state index contributed by atoms with van der Waals surface area (Å²) in [5.74, 6) is 0.0307. The lowest BCUT2D eigenvalue weighted by molar-refractivity contribution is 0.0527. The molecule has 1 aromatic carbocycles. The van der Waals surface area contributed by atoms with E-state index in [2.05, 4.69) is 26.7 Å². The van der Waals surface area contributed by atoms with Gasteiger partial charge >= 0.3 is 5.97 Å². The van der Waals surface area contributed by atoms with Crippen LogP contribution in [0.25, 0.3) is 16.5 Å². The summed E-state index contributed by atoms with van der Waals surface area (Å²) in [4.78, 5) is 12.5. The molecule has 0 fully saturated rings. The second-order valence-corrected chi connectivity index (χ2v) is 8.85. The van der Waals surface area contributed by atoms with Crippen molar-refractivity contribution in [1.29, 1.82) is 0 Å². The largest absolute Gasteiger partial charge is 0.462 e. The van der Waals surface area contributed by atoms with Gasteiger partial charge in [-0.25, -0.2) is 13.2 Å². The van der Waals surface area contributed by atoms with Crippen LogP contribution in [0.2, 0.25) is 0 Å². The van der Waals surface area contributed by atoms with E-state index in [-0.39, 0.29) is 12.4 Å². The number of esters is 1. The van der Waals surface area contributed by atoms with E-state index in [1.54, 1.807) is 26.0 Å². The summed E-state index contributed by atoms with van der Waals surface area (Å²) in [6, 6.07) is 3.28. The molecule has 1 N–H and O–H groups in total. The van der Waals surface area contributed by atoms with Crippen LogP contribution in [0.15, 0.2) is 27.1 Å². The summed E-state index contributed by atoms with van der Waals surface area (Å²) in [6.07, 6.45) is 4.86. The second kappa shape index (κ2) is 7.44. The third-order valence-electron chi connectivity index (χ3n) is 4.24. The van der Waals surface area contributed by atoms with Crippen molar-refractivity contribution in [3.05, 3.63) is 34.0 Å². The fraction of sp³-hybridized carbons (Fsp3) is 0.389. The number of nitrogens with one attached hydrogen (secondary N) is 1. The molecule has 0 atom stereocenters. The molecule has 26 heavy (non-hydrogen) atoms. The van der Waals surface area contributed by atoms with E-state index in [4.69, 9.17) is 9.15 Å². The van der Waals surface area contributed by atoms with Gasteiger partial charge in [0, 0.05) is 15.9 Å². The van der Waals surface area contributed by atoms with Crippen molar-refractivity contribution in [3.8, 4) is 0 Å². The van der Waals surface area contributed by atoms with Crippen LogP contribution >= 0.6 is 15.9 Å². The number of rotatable bonds is 6. The molecule has 0 radical (unpaired) electrons. The van der Waals surface area contributed by atoms with E-state index in [9.17, 15) is 13.2 Å². The van der Waals surface area contributed by atoms with Crippen LogP contribution in [0, 0.1) is 0 Å². The minimum absolute atomic E-state index is 0.0398. The molecule has 2 aromatic rings. The molecule has 0 unspecified atom stereocenters. The Morgan fingerprint density at radius 2 is 2.12 bits per heavy atom. The lowest BCUT2D eigenvalue weighted by Gasteiger charge is -2.08. The summed E-state index contributed by atoms with van der Waals surface area (Å²) in [5, 5.41) is 0.595. The number of carbonyl (C=O) groups is 1. The van der Waals surface area contributed by atoms with Crippen molar-refractivity contribution >= 4 is 54.2 Å². The van der Waals surface area contributed by atoms with Gasteiger partial charge < -0.3 is 9.15 Å². The number of allylic oxidation sites excluding steroid dienone is 2. The molecule has 0 spiro atoms. The van der Waals surface area contributed by atoms with Crippen LogP contribution in [0.5, 0.6) is 0 Å². The first-order chi connectivity index (χ1) is 12.4. The zero-order valence-electron chi connectivity index (χ0n) is 14.6. The third kappa shape index (κ3) is 3.66. The van der Waals surface area contributed by atoms with Gasteiger partial charge in [-0.05, 0) is 60.7 Å². The number of benzene rings is 1. The Kier molecular flexibility index (Phi) is 5.43. The first-order valence-electron chi connectivity index (χ1n) is 8.49. The molecule has 140 valence electrons. The smallest absolute Gasteiger partial charge is 0.342 e. The highest BCUT2D eigenvalue weighted by Gasteiger charge is 2.26. The highest BCUT2D eigenvalue weighted by atomic mass is 79.9. The molecule has 1 aromatic heterocycles. The highest BCUT2D eigenvalue weighted by molar-refractivity contribution is 9.10. The highest BCUT2D eigenvalue weighted by Crippen LogP contribution is 2.39. The number of sulfonamides is 1. The van der Waals surface area contributed by atoms with Crippen LogP contribution in [0.1, 0.15) is 49.2 Å². The van der Waals surface area contributed by atoms with E-state index in [0.29, 0.717) is 32.5 Å². The summed E-state index contributed by atoms with van der Waals surface area (Å²) < 4.78 is 38.0. The maximum atomic E-state index is 12.5. The normalized spacial score (nSPS) is 14.5. The molecular weight excluding hydrogens is 422 g/mol. The number of fused-ring (bicyclic) bond motifs is 1. The van der Waals surface area contributed by atoms with Gasteiger partial charge in [-0.3, -0.25) is 4.72 Å². The average molecular weight is 442 g/mol. The van der Waals surface area contributed by atoms with E-state index in [0.717, 1.165) is 24.8 Å². The Morgan fingerprint density at radius 3 is 2.73 bits per heavy atom. The Bertz CT molecular complexity index is 991. The van der Waals surface area contributed by atoms with Gasteiger partial charge in [-0.15, -0.1) is 0 Å². The number of halogens is 1. The summed E-state index contributed by atoms with van der Waals surface area (Å²) >= 11 is 3.38. The molecule has 0 aliphatic heterocycles. The van der Waals surface area contributed by atoms with Crippen molar-refractivity contribution in [1.82, 2.24) is 0 Å². The topological polar surface area (TPSA) is 85.6 Å². The predicted molar refractivity (Wildman–Crippen MR) is 105 cm³/mol. The minimum atomic E-state index is -3.43. The molecule has 3 rings (SSSR count). The predicted octanol–water partition coefficient (Wildman–Crippen LogP) is 4.70. The van der Waals surface area contributed by atoms with Crippen LogP contribution in [-0.2, 0) is 14.8 Å². The molecule has 1 heterocycles. The lowest BCUT2D eigenvalue weighted by atomic mass is 10.1. The molecule has 1 aliphatic carbocycles. The Labute approximate surface area is 160 Å². The number of hydrogen-bond donors (Lipinski definition) is 1. The molecule has 0 saturated carbocycles. The number of ether oxygens (including phenoxy) is 1. The Balaban J connectivity index is 2.18. The molecule has 0 amide bonds. The summed E-state index contributed by atoms with van der Waals surface area (Å²) in [5.41, 5.74) is 2.18. The molecule has 0 bridgehead atoms. The Hall–Kier alpha value is -1.80. The van der Waals surface area contributed by atoms with Gasteiger partial charge in [0.2, 0.25) is 10.0 Å². The van der Waals surface area contributed by atoms with Crippen molar-refractivity contribution < 1.29 is 22.4 Å². The maximum Gasteiger partial charge on any atom is 0.342 e. The van der Waals surface area contributed by atoms with E-state index in [1.165, 1.54) is 0 Å². The first kappa shape index (κ1) is 19.0. The van der Waals surface area contributed by atoms with Gasteiger partial charge in [0.25, 0.3) is 0 Å². The Morgan fingerprint density at radius 1 is 1.35 bits per heavy atom. The number of anilines is 1. The van der Waals surface area contributed by atoms with Gasteiger partial charge in [0.05, 0.1) is 18.0 Å². The quantitative estimate of drug-likeness (QED) is 0.656. The average Bonchev–Trinajstić information content (AvgIpc) is 3.22. The van der Waals surface area contributed by atoms with E-state index >= 15 is 0 Å². The summed E-state index contributed by atoms with van der Waals surface area (Å²) in [6.45, 7) is 3.58. The van der Waals surface area contributed by atoms with Crippen molar-refractivity contribution in [3.63, 3.8) is 0 Å². The zero-order chi connectivity index (χ0) is 18.9. The maximum absolute atomic E-state index is 12.5. The monoisotopic (exact) mass is 441 g/mol. The van der Waals surface area contributed by atoms with Crippen molar-refractivity contribution in [2.45, 2.75) is 33.1 Å².